The number of carbonyl (C=O) groups is 5. The van der Waals surface area contributed by atoms with Gasteiger partial charge in [-0.1, -0.05) is 71.1 Å². The first-order valence-electron chi connectivity index (χ1n) is 25.0. The third-order valence-electron chi connectivity index (χ3n) is 14.8. The molecule has 3 aliphatic heterocycles. The summed E-state index contributed by atoms with van der Waals surface area (Å²) in [5.74, 6) is -8.09. The highest BCUT2D eigenvalue weighted by molar-refractivity contribution is 6.39. The molecule has 0 aromatic heterocycles. The molecule has 0 aromatic carbocycles. The van der Waals surface area contributed by atoms with Crippen molar-refractivity contribution in [3.8, 4) is 0 Å². The number of Topliss-reactive ketones (excluding diaryl/α,β-unsaturated/α-hetero) is 3. The monoisotopic (exact) mass is 958 g/mol. The molecule has 3 fully saturated rings. The van der Waals surface area contributed by atoms with Gasteiger partial charge in [-0.3, -0.25) is 19.2 Å². The van der Waals surface area contributed by atoms with Crippen LogP contribution in [-0.4, -0.2) is 145 Å². The molecule has 4 aliphatic rings. The van der Waals surface area contributed by atoms with Gasteiger partial charge < -0.3 is 48.6 Å². The van der Waals surface area contributed by atoms with Crippen LogP contribution < -0.4 is 0 Å². The molecule has 2 bridgehead atoms. The maximum Gasteiger partial charge on any atom is 0.329 e. The maximum atomic E-state index is 14.4. The van der Waals surface area contributed by atoms with Crippen LogP contribution in [0.5, 0.6) is 0 Å². The number of hydrogen-bond donors (Lipinski definition) is 3. The Kier molecular flexibility index (Phi) is 22.9. The van der Waals surface area contributed by atoms with E-state index in [1.807, 2.05) is 58.1 Å². The first kappa shape index (κ1) is 57.2. The van der Waals surface area contributed by atoms with Crippen LogP contribution in [0, 0.1) is 35.5 Å². The lowest BCUT2D eigenvalue weighted by atomic mass is 9.78. The third kappa shape index (κ3) is 15.5. The Hall–Kier alpha value is -3.41. The summed E-state index contributed by atoms with van der Waals surface area (Å²) in [6, 6.07) is -1.15. The quantitative estimate of drug-likeness (QED) is 0.102. The fourth-order valence-corrected chi connectivity index (χ4v) is 10.3. The van der Waals surface area contributed by atoms with Crippen LogP contribution >= 0.6 is 0 Å². The average Bonchev–Trinajstić information content (AvgIpc) is 3.31. The smallest absolute Gasteiger partial charge is 0.329 e. The molecule has 1 amide bonds. The van der Waals surface area contributed by atoms with E-state index in [1.165, 1.54) is 12.0 Å². The van der Waals surface area contributed by atoms with E-state index >= 15 is 0 Å². The van der Waals surface area contributed by atoms with Gasteiger partial charge in [-0.25, -0.2) is 4.79 Å². The largest absolute Gasteiger partial charge is 0.460 e. The summed E-state index contributed by atoms with van der Waals surface area (Å²) in [7, 11) is 4.52. The van der Waals surface area contributed by atoms with E-state index in [0.717, 1.165) is 12.0 Å². The lowest BCUT2D eigenvalue weighted by Gasteiger charge is -2.43. The average molecular weight is 958 g/mol. The Morgan fingerprint density at radius 1 is 0.853 bits per heavy atom. The van der Waals surface area contributed by atoms with Crippen molar-refractivity contribution in [1.82, 2.24) is 4.90 Å². The molecule has 1 aliphatic carbocycles. The SMILES string of the molecule is COCCOC1C[C@@H]2CC[C@@H](C)[C@@](O)(O2)C(=O)C(=O)N2CCCC[C@H]2C(=O)O[C@H]([C@H](C)C[C@@H]2CC[C@@H](O)[C@H](OC)C2)CC(=O)[C@H](C)/C=C(\C)[C@H](O)[C@@H](OC)C(=O)[C@H](C)C[C@H](C)/C=C/C=C/C=C/1C. The fourth-order valence-electron chi connectivity index (χ4n) is 10.3. The van der Waals surface area contributed by atoms with Crippen molar-refractivity contribution in [2.45, 2.75) is 180 Å². The summed E-state index contributed by atoms with van der Waals surface area (Å²) in [5, 5.41) is 34.0. The first-order valence-corrected chi connectivity index (χ1v) is 25.0. The number of aliphatic hydroxyl groups is 3. The third-order valence-corrected chi connectivity index (χ3v) is 14.8. The highest BCUT2D eigenvalue weighted by Gasteiger charge is 2.53. The standard InChI is InChI=1S/C53H83NO14/c1-32-16-12-11-13-17-33(2)44(66-25-24-63-8)30-40-21-19-38(7)53(62,68-40)50(59)51(60)54-23-15-14-18-41(54)52(61)67-45(35(4)28-39-20-22-42(55)46(29-39)64-9)31-43(56)34(3)27-37(6)48(58)49(65-10)47(57)36(5)26-32/h11-13,16-17,27,32,34-36,38-42,44-46,48-49,55,58,62H,14-15,18-26,28-31H2,1-10H3/b13-11+,16-12+,33-17+,37-27+/t32-,34-,35-,36-,38-,39+,40+,41+,42-,44?,45+,46-,48+,49+,53-/m1/s1. The van der Waals surface area contributed by atoms with Crippen LogP contribution in [0.1, 0.15) is 126 Å². The Bertz CT molecular complexity index is 1810. The van der Waals surface area contributed by atoms with Gasteiger partial charge >= 0.3 is 5.97 Å². The van der Waals surface area contributed by atoms with Gasteiger partial charge in [0.2, 0.25) is 5.79 Å². The molecule has 0 spiro atoms. The topological polar surface area (TPSA) is 205 Å². The predicted molar refractivity (Wildman–Crippen MR) is 256 cm³/mol. The number of amides is 1. The molecule has 68 heavy (non-hydrogen) atoms. The summed E-state index contributed by atoms with van der Waals surface area (Å²) >= 11 is 0. The van der Waals surface area contributed by atoms with E-state index in [2.05, 4.69) is 0 Å². The highest BCUT2D eigenvalue weighted by atomic mass is 16.6. The number of piperidine rings is 1. The maximum absolute atomic E-state index is 14.4. The summed E-state index contributed by atoms with van der Waals surface area (Å²) in [6.07, 6.45) is 10.9. The highest BCUT2D eigenvalue weighted by Crippen LogP contribution is 2.38. The second-order valence-corrected chi connectivity index (χ2v) is 20.2. The number of cyclic esters (lactones) is 1. The van der Waals surface area contributed by atoms with Crippen LogP contribution in [0.3, 0.4) is 0 Å². The van der Waals surface area contributed by atoms with Gasteiger partial charge in [0.1, 0.15) is 30.1 Å². The number of allylic oxidation sites excluding steroid dienone is 6. The van der Waals surface area contributed by atoms with E-state index in [-0.39, 0.29) is 67.8 Å². The lowest BCUT2D eigenvalue weighted by molar-refractivity contribution is -0.266. The molecule has 4 rings (SSSR count). The van der Waals surface area contributed by atoms with Gasteiger partial charge in [0.05, 0.1) is 37.6 Å². The van der Waals surface area contributed by atoms with E-state index in [1.54, 1.807) is 41.1 Å². The van der Waals surface area contributed by atoms with Gasteiger partial charge in [0, 0.05) is 58.5 Å². The summed E-state index contributed by atoms with van der Waals surface area (Å²) in [6.45, 7) is 13.4. The molecule has 15 nitrogen and oxygen atoms in total. The second-order valence-electron chi connectivity index (χ2n) is 20.2. The first-order chi connectivity index (χ1) is 32.2. The van der Waals surface area contributed by atoms with Gasteiger partial charge in [0.25, 0.3) is 11.7 Å². The second kappa shape index (κ2) is 27.3. The molecule has 384 valence electrons. The van der Waals surface area contributed by atoms with Crippen LogP contribution in [-0.2, 0) is 52.4 Å². The number of hydrogen-bond acceptors (Lipinski definition) is 14. The van der Waals surface area contributed by atoms with Gasteiger partial charge in [-0.15, -0.1) is 0 Å². The number of nitrogens with zero attached hydrogens (tertiary/aromatic N) is 1. The molecule has 3 heterocycles. The Balaban J connectivity index is 1.72. The van der Waals surface area contributed by atoms with Gasteiger partial charge in [0.15, 0.2) is 5.78 Å². The van der Waals surface area contributed by atoms with Crippen LogP contribution in [0.15, 0.2) is 47.6 Å². The summed E-state index contributed by atoms with van der Waals surface area (Å²) in [5.41, 5.74) is 1.24. The van der Waals surface area contributed by atoms with Crippen molar-refractivity contribution < 1.29 is 67.7 Å². The Morgan fingerprint density at radius 3 is 2.28 bits per heavy atom. The minimum absolute atomic E-state index is 0.00394. The number of esters is 1. The van der Waals surface area contributed by atoms with Crippen molar-refractivity contribution >= 4 is 29.2 Å². The molecule has 3 N–H and O–H groups in total. The Morgan fingerprint density at radius 2 is 1.59 bits per heavy atom. The van der Waals surface area contributed by atoms with Crippen LogP contribution in [0.25, 0.3) is 0 Å². The zero-order chi connectivity index (χ0) is 50.3. The molecule has 0 radical (unpaired) electrons. The number of ether oxygens (including phenoxy) is 6. The number of rotatable bonds is 9. The molecule has 1 saturated carbocycles. The number of fused-ring (bicyclic) bond motifs is 3. The van der Waals surface area contributed by atoms with Crippen molar-refractivity contribution in [1.29, 1.82) is 0 Å². The summed E-state index contributed by atoms with van der Waals surface area (Å²) < 4.78 is 35.1. The fraction of sp³-hybridized carbons (Fsp3) is 0.755. The van der Waals surface area contributed by atoms with Gasteiger partial charge in [-0.05, 0) is 107 Å². The number of aliphatic hydroxyl groups excluding tert-OH is 2. The minimum atomic E-state index is -2.46. The van der Waals surface area contributed by atoms with E-state index < -0.39 is 83.9 Å². The number of ketones is 3. The molecule has 15 heteroatoms. The van der Waals surface area contributed by atoms with Crippen molar-refractivity contribution in [2.75, 3.05) is 41.1 Å². The summed E-state index contributed by atoms with van der Waals surface area (Å²) in [4.78, 5) is 72.2. The molecule has 2 saturated heterocycles. The van der Waals surface area contributed by atoms with E-state index in [0.29, 0.717) is 63.5 Å². The van der Waals surface area contributed by atoms with Gasteiger partial charge in [-0.2, -0.15) is 0 Å². The Labute approximate surface area is 405 Å². The molecular formula is C53H83NO14. The van der Waals surface area contributed by atoms with Crippen molar-refractivity contribution in [2.24, 2.45) is 35.5 Å². The van der Waals surface area contributed by atoms with Crippen LogP contribution in [0.4, 0.5) is 0 Å². The lowest BCUT2D eigenvalue weighted by Crippen LogP contribution is -2.61. The molecular weight excluding hydrogens is 875 g/mol. The zero-order valence-corrected chi connectivity index (χ0v) is 42.4. The zero-order valence-electron chi connectivity index (χ0n) is 42.4. The normalized spacial score (nSPS) is 39.2. The number of carbonyl (C=O) groups excluding carboxylic acids is 5. The van der Waals surface area contributed by atoms with Crippen molar-refractivity contribution in [3.05, 3.63) is 47.6 Å². The number of methoxy groups -OCH3 is 3. The predicted octanol–water partition coefficient (Wildman–Crippen LogP) is 6.20. The van der Waals surface area contributed by atoms with Crippen molar-refractivity contribution in [3.63, 3.8) is 0 Å². The molecule has 1 unspecified atom stereocenters. The van der Waals surface area contributed by atoms with E-state index in [9.17, 15) is 39.3 Å². The minimum Gasteiger partial charge on any atom is -0.460 e. The molecule has 15 atom stereocenters. The van der Waals surface area contributed by atoms with Crippen LogP contribution in [0.2, 0.25) is 0 Å². The van der Waals surface area contributed by atoms with E-state index in [4.69, 9.17) is 28.4 Å². The molecule has 0 aromatic rings.